The Morgan fingerprint density at radius 1 is 1.11 bits per heavy atom. The minimum absolute atomic E-state index is 0.149. The number of carboxylic acid groups (broad SMARTS) is 1. The van der Waals surface area contributed by atoms with Crippen LogP contribution >= 0.6 is 11.3 Å². The molecular weight excluding hydrogens is 366 g/mol. The van der Waals surface area contributed by atoms with Crippen LogP contribution in [0.3, 0.4) is 0 Å². The van der Waals surface area contributed by atoms with Gasteiger partial charge in [0.2, 0.25) is 11.7 Å². The van der Waals surface area contributed by atoms with Crippen LogP contribution in [0, 0.1) is 0 Å². The van der Waals surface area contributed by atoms with Crippen LogP contribution in [0.1, 0.15) is 50.5 Å². The lowest BCUT2D eigenvalue weighted by molar-refractivity contribution is 0.0566. The van der Waals surface area contributed by atoms with Crippen molar-refractivity contribution in [1.82, 2.24) is 15.0 Å². The van der Waals surface area contributed by atoms with Gasteiger partial charge in [0.05, 0.1) is 4.88 Å². The Morgan fingerprint density at radius 3 is 2.63 bits per heavy atom. The van der Waals surface area contributed by atoms with Gasteiger partial charge in [-0.3, -0.25) is 4.79 Å². The summed E-state index contributed by atoms with van der Waals surface area (Å²) in [6, 6.07) is 12.2. The number of aromatic nitrogens is 2. The summed E-state index contributed by atoms with van der Waals surface area (Å²) in [4.78, 5) is 30.8. The molecule has 1 aliphatic rings. The quantitative estimate of drug-likeness (QED) is 0.735. The third-order valence-corrected chi connectivity index (χ3v) is 5.61. The second-order valence-corrected chi connectivity index (χ2v) is 7.39. The normalized spacial score (nSPS) is 17.0. The molecule has 0 radical (unpaired) electrons. The van der Waals surface area contributed by atoms with Gasteiger partial charge in [-0.25, -0.2) is 4.79 Å². The minimum Gasteiger partial charge on any atom is -0.477 e. The SMILES string of the molecule is O=C(O)c1ccc(C(=O)N2CCCCC2c2nc(-c3ccccc3)no2)s1. The molecule has 1 aliphatic heterocycles. The third kappa shape index (κ3) is 3.48. The van der Waals surface area contributed by atoms with Crippen molar-refractivity contribution in [3.8, 4) is 11.4 Å². The lowest BCUT2D eigenvalue weighted by Gasteiger charge is -2.33. The summed E-state index contributed by atoms with van der Waals surface area (Å²) in [5.74, 6) is -0.319. The van der Waals surface area contributed by atoms with Gasteiger partial charge >= 0.3 is 5.97 Å². The number of carboxylic acids is 1. The maximum atomic E-state index is 12.9. The summed E-state index contributed by atoms with van der Waals surface area (Å²) in [7, 11) is 0. The average Bonchev–Trinajstić information content (AvgIpc) is 3.38. The highest BCUT2D eigenvalue weighted by molar-refractivity contribution is 7.15. The van der Waals surface area contributed by atoms with Crippen molar-refractivity contribution in [2.45, 2.75) is 25.3 Å². The van der Waals surface area contributed by atoms with Crippen LogP contribution in [-0.2, 0) is 0 Å². The van der Waals surface area contributed by atoms with Crippen LogP contribution in [-0.4, -0.2) is 38.6 Å². The first kappa shape index (κ1) is 17.4. The van der Waals surface area contributed by atoms with Gasteiger partial charge in [0.25, 0.3) is 5.91 Å². The molecular formula is C19H17N3O4S. The second-order valence-electron chi connectivity index (χ2n) is 6.30. The first-order chi connectivity index (χ1) is 13.1. The summed E-state index contributed by atoms with van der Waals surface area (Å²) in [5, 5.41) is 13.1. The number of hydrogen-bond acceptors (Lipinski definition) is 6. The molecule has 1 saturated heterocycles. The van der Waals surface area contributed by atoms with Crippen molar-refractivity contribution >= 4 is 23.2 Å². The van der Waals surface area contributed by atoms with Gasteiger partial charge < -0.3 is 14.5 Å². The smallest absolute Gasteiger partial charge is 0.345 e. The lowest BCUT2D eigenvalue weighted by Crippen LogP contribution is -2.38. The number of nitrogens with zero attached hydrogens (tertiary/aromatic N) is 3. The maximum absolute atomic E-state index is 12.9. The van der Waals surface area contributed by atoms with Gasteiger partial charge in [0.1, 0.15) is 10.9 Å². The molecule has 0 spiro atoms. The van der Waals surface area contributed by atoms with Crippen molar-refractivity contribution in [1.29, 1.82) is 0 Å². The molecule has 1 N–H and O–H groups in total. The molecule has 1 fully saturated rings. The van der Waals surface area contributed by atoms with Gasteiger partial charge in [-0.05, 0) is 31.4 Å². The maximum Gasteiger partial charge on any atom is 0.345 e. The summed E-state index contributed by atoms with van der Waals surface area (Å²) >= 11 is 0.985. The number of rotatable bonds is 4. The fourth-order valence-corrected chi connectivity index (χ4v) is 4.02. The Balaban J connectivity index is 1.60. The Hall–Kier alpha value is -3.00. The molecule has 4 rings (SSSR count). The molecule has 7 nitrogen and oxygen atoms in total. The van der Waals surface area contributed by atoms with E-state index in [-0.39, 0.29) is 16.8 Å². The molecule has 0 bridgehead atoms. The van der Waals surface area contributed by atoms with Crippen molar-refractivity contribution in [3.63, 3.8) is 0 Å². The summed E-state index contributed by atoms with van der Waals surface area (Å²) in [6.45, 7) is 0.576. The first-order valence-electron chi connectivity index (χ1n) is 8.66. The fraction of sp³-hybridized carbons (Fsp3) is 0.263. The summed E-state index contributed by atoms with van der Waals surface area (Å²) in [6.07, 6.45) is 2.58. The fourth-order valence-electron chi connectivity index (χ4n) is 3.22. The summed E-state index contributed by atoms with van der Waals surface area (Å²) < 4.78 is 5.47. The largest absolute Gasteiger partial charge is 0.477 e. The van der Waals surface area contributed by atoms with Gasteiger partial charge in [-0.1, -0.05) is 35.5 Å². The van der Waals surface area contributed by atoms with E-state index in [9.17, 15) is 9.59 Å². The molecule has 27 heavy (non-hydrogen) atoms. The molecule has 0 saturated carbocycles. The Morgan fingerprint density at radius 2 is 1.89 bits per heavy atom. The summed E-state index contributed by atoms with van der Waals surface area (Å²) in [5.41, 5.74) is 0.852. The van der Waals surface area contributed by atoms with Gasteiger partial charge in [-0.2, -0.15) is 4.98 Å². The third-order valence-electron chi connectivity index (χ3n) is 4.55. The van der Waals surface area contributed by atoms with Gasteiger partial charge in [-0.15, -0.1) is 11.3 Å². The average molecular weight is 383 g/mol. The number of aromatic carboxylic acids is 1. The molecule has 1 atom stereocenters. The molecule has 1 amide bonds. The van der Waals surface area contributed by atoms with Crippen molar-refractivity contribution in [2.24, 2.45) is 0 Å². The van der Waals surface area contributed by atoms with Gasteiger partial charge in [0, 0.05) is 12.1 Å². The van der Waals surface area contributed by atoms with E-state index in [2.05, 4.69) is 10.1 Å². The number of thiophene rings is 1. The Labute approximate surface area is 159 Å². The van der Waals surface area contributed by atoms with Crippen LogP contribution in [0.4, 0.5) is 0 Å². The lowest BCUT2D eigenvalue weighted by atomic mass is 10.0. The highest BCUT2D eigenvalue weighted by Crippen LogP contribution is 2.33. The number of benzene rings is 1. The zero-order chi connectivity index (χ0) is 18.8. The van der Waals surface area contributed by atoms with Crippen LogP contribution in [0.5, 0.6) is 0 Å². The predicted molar refractivity (Wildman–Crippen MR) is 98.6 cm³/mol. The Bertz CT molecular complexity index is 966. The van der Waals surface area contributed by atoms with Crippen molar-refractivity contribution in [2.75, 3.05) is 6.54 Å². The van der Waals surface area contributed by atoms with Crippen molar-refractivity contribution < 1.29 is 19.2 Å². The number of hydrogen-bond donors (Lipinski definition) is 1. The highest BCUT2D eigenvalue weighted by atomic mass is 32.1. The molecule has 0 aliphatic carbocycles. The van der Waals surface area contributed by atoms with Gasteiger partial charge in [0.15, 0.2) is 0 Å². The number of piperidine rings is 1. The molecule has 1 aromatic carbocycles. The number of amides is 1. The monoisotopic (exact) mass is 383 g/mol. The van der Waals surface area contributed by atoms with E-state index in [1.54, 1.807) is 11.0 Å². The number of carbonyl (C=O) groups excluding carboxylic acids is 1. The molecule has 2 aromatic heterocycles. The van der Waals surface area contributed by atoms with Crippen LogP contribution in [0.25, 0.3) is 11.4 Å². The molecule has 8 heteroatoms. The second kappa shape index (κ2) is 7.32. The van der Waals surface area contributed by atoms with E-state index in [4.69, 9.17) is 9.63 Å². The Kier molecular flexibility index (Phi) is 4.72. The standard InChI is InChI=1S/C19H17N3O4S/c23-18(14-9-10-15(27-14)19(24)25)22-11-5-4-8-13(22)17-20-16(21-26-17)12-6-2-1-3-7-12/h1-3,6-7,9-10,13H,4-5,8,11H2,(H,24,25). The van der Waals surface area contributed by atoms with E-state index >= 15 is 0 Å². The van der Waals surface area contributed by atoms with E-state index in [1.165, 1.54) is 6.07 Å². The van der Waals surface area contributed by atoms with Crippen molar-refractivity contribution in [3.05, 3.63) is 58.1 Å². The predicted octanol–water partition coefficient (Wildman–Crippen LogP) is 3.86. The first-order valence-corrected chi connectivity index (χ1v) is 9.48. The molecule has 3 aromatic rings. The van der Waals surface area contributed by atoms with E-state index < -0.39 is 5.97 Å². The minimum atomic E-state index is -1.03. The zero-order valence-corrected chi connectivity index (χ0v) is 15.2. The number of carbonyl (C=O) groups is 2. The number of likely N-dealkylation sites (tertiary alicyclic amines) is 1. The van der Waals surface area contributed by atoms with Crippen LogP contribution < -0.4 is 0 Å². The van der Waals surface area contributed by atoms with Crippen LogP contribution in [0.15, 0.2) is 47.0 Å². The molecule has 3 heterocycles. The van der Waals surface area contributed by atoms with E-state index in [0.29, 0.717) is 23.1 Å². The van der Waals surface area contributed by atoms with E-state index in [1.807, 2.05) is 30.3 Å². The van der Waals surface area contributed by atoms with E-state index in [0.717, 1.165) is 36.2 Å². The molecule has 1 unspecified atom stereocenters. The van der Waals surface area contributed by atoms with Crippen LogP contribution in [0.2, 0.25) is 0 Å². The molecule has 138 valence electrons. The highest BCUT2D eigenvalue weighted by Gasteiger charge is 2.33. The zero-order valence-electron chi connectivity index (χ0n) is 14.4. The topological polar surface area (TPSA) is 96.5 Å².